The number of H-pyrrole nitrogens is 1. The molecular formula is C22H14ClF3N4OS. The van der Waals surface area contributed by atoms with Crippen LogP contribution in [-0.4, -0.2) is 15.0 Å². The summed E-state index contributed by atoms with van der Waals surface area (Å²) in [6.07, 6.45) is -4.49. The van der Waals surface area contributed by atoms with E-state index in [1.54, 1.807) is 35.6 Å². The number of aromatic amines is 1. The van der Waals surface area contributed by atoms with Gasteiger partial charge in [-0.1, -0.05) is 11.6 Å². The number of nitrogens with zero attached hydrogens (tertiary/aromatic N) is 2. The zero-order chi connectivity index (χ0) is 22.5. The van der Waals surface area contributed by atoms with Crippen LogP contribution in [0.3, 0.4) is 0 Å². The molecule has 0 atom stereocenters. The molecule has 0 bridgehead atoms. The monoisotopic (exact) mass is 474 g/mol. The molecule has 0 spiro atoms. The maximum Gasteiger partial charge on any atom is 0.416 e. The Labute approximate surface area is 188 Å². The van der Waals surface area contributed by atoms with Crippen molar-refractivity contribution in [3.05, 3.63) is 70.2 Å². The van der Waals surface area contributed by atoms with E-state index in [1.165, 1.54) is 0 Å². The first-order valence-electron chi connectivity index (χ1n) is 9.43. The lowest BCUT2D eigenvalue weighted by Crippen LogP contribution is -2.04. The largest absolute Gasteiger partial charge is 0.457 e. The quantitative estimate of drug-likeness (QED) is 0.280. The molecule has 5 nitrogen and oxygen atoms in total. The van der Waals surface area contributed by atoms with E-state index in [9.17, 15) is 13.2 Å². The number of aryl methyl sites for hydroxylation is 1. The Bertz CT molecular complexity index is 1440. The van der Waals surface area contributed by atoms with Crippen molar-refractivity contribution in [1.82, 2.24) is 15.0 Å². The number of aromatic nitrogens is 3. The molecule has 0 radical (unpaired) electrons. The average molecular weight is 475 g/mol. The first-order valence-corrected chi connectivity index (χ1v) is 10.6. The van der Waals surface area contributed by atoms with Gasteiger partial charge < -0.3 is 15.0 Å². The van der Waals surface area contributed by atoms with E-state index < -0.39 is 11.7 Å². The molecule has 2 heterocycles. The van der Waals surface area contributed by atoms with Gasteiger partial charge in [0.05, 0.1) is 31.3 Å². The second-order valence-electron chi connectivity index (χ2n) is 7.05. The number of fused-ring (bicyclic) bond motifs is 2. The van der Waals surface area contributed by atoms with Gasteiger partial charge in [0.15, 0.2) is 0 Å². The summed E-state index contributed by atoms with van der Waals surface area (Å²) in [5, 5.41) is 3.95. The van der Waals surface area contributed by atoms with Crippen LogP contribution in [0.4, 0.5) is 24.8 Å². The number of nitrogens with one attached hydrogen (secondary N) is 2. The fourth-order valence-corrected chi connectivity index (χ4v) is 4.33. The van der Waals surface area contributed by atoms with E-state index in [0.29, 0.717) is 17.2 Å². The van der Waals surface area contributed by atoms with E-state index in [1.807, 2.05) is 25.1 Å². The molecule has 0 saturated heterocycles. The SMILES string of the molecule is Cc1nc2cc(Oc3ccc(Nc4nc5c(Cl)cc(C(F)(F)F)cc5[nH]4)cc3)ccc2s1. The van der Waals surface area contributed by atoms with Gasteiger partial charge in [0, 0.05) is 11.8 Å². The van der Waals surface area contributed by atoms with Crippen LogP contribution in [0.2, 0.25) is 5.02 Å². The van der Waals surface area contributed by atoms with Gasteiger partial charge in [-0.25, -0.2) is 9.97 Å². The highest BCUT2D eigenvalue weighted by Gasteiger charge is 2.31. The molecule has 5 aromatic rings. The van der Waals surface area contributed by atoms with Gasteiger partial charge in [-0.2, -0.15) is 13.2 Å². The Kier molecular flexibility index (Phi) is 4.94. The molecule has 5 rings (SSSR count). The van der Waals surface area contributed by atoms with Gasteiger partial charge in [0.2, 0.25) is 5.95 Å². The predicted octanol–water partition coefficient (Wildman–Crippen LogP) is 7.69. The summed E-state index contributed by atoms with van der Waals surface area (Å²) >= 11 is 7.62. The second kappa shape index (κ2) is 7.68. The Morgan fingerprint density at radius 2 is 1.75 bits per heavy atom. The van der Waals surface area contributed by atoms with Gasteiger partial charge >= 0.3 is 6.18 Å². The molecule has 0 fully saturated rings. The molecule has 0 aliphatic rings. The molecule has 10 heteroatoms. The summed E-state index contributed by atoms with van der Waals surface area (Å²) in [5.41, 5.74) is 1.18. The first-order chi connectivity index (χ1) is 15.2. The van der Waals surface area contributed by atoms with E-state index in [-0.39, 0.29) is 22.0 Å². The summed E-state index contributed by atoms with van der Waals surface area (Å²) in [7, 11) is 0. The molecule has 0 aliphatic heterocycles. The number of anilines is 2. The molecule has 0 unspecified atom stereocenters. The maximum absolute atomic E-state index is 13.0. The van der Waals surface area contributed by atoms with Crippen molar-refractivity contribution in [2.45, 2.75) is 13.1 Å². The van der Waals surface area contributed by atoms with Gasteiger partial charge in [-0.15, -0.1) is 11.3 Å². The molecule has 3 aromatic carbocycles. The van der Waals surface area contributed by atoms with E-state index in [4.69, 9.17) is 16.3 Å². The summed E-state index contributed by atoms with van der Waals surface area (Å²) in [5.74, 6) is 1.58. The predicted molar refractivity (Wildman–Crippen MR) is 120 cm³/mol. The third-order valence-electron chi connectivity index (χ3n) is 4.69. The van der Waals surface area contributed by atoms with Crippen LogP contribution in [-0.2, 0) is 6.18 Å². The summed E-state index contributed by atoms with van der Waals surface area (Å²) in [4.78, 5) is 11.5. The number of thiazole rings is 1. The number of rotatable bonds is 4. The molecule has 2 aromatic heterocycles. The number of hydrogen-bond donors (Lipinski definition) is 2. The Morgan fingerprint density at radius 3 is 2.50 bits per heavy atom. The number of alkyl halides is 3. The summed E-state index contributed by atoms with van der Waals surface area (Å²) < 4.78 is 46.0. The minimum atomic E-state index is -4.49. The van der Waals surface area contributed by atoms with Crippen molar-refractivity contribution < 1.29 is 17.9 Å². The zero-order valence-electron chi connectivity index (χ0n) is 16.4. The number of benzene rings is 3. The minimum absolute atomic E-state index is 0.0739. The Morgan fingerprint density at radius 1 is 1.00 bits per heavy atom. The highest BCUT2D eigenvalue weighted by atomic mass is 35.5. The van der Waals surface area contributed by atoms with Crippen molar-refractivity contribution in [3.8, 4) is 11.5 Å². The van der Waals surface area contributed by atoms with Crippen LogP contribution >= 0.6 is 22.9 Å². The van der Waals surface area contributed by atoms with Crippen LogP contribution in [0.1, 0.15) is 10.6 Å². The van der Waals surface area contributed by atoms with Crippen molar-refractivity contribution >= 4 is 55.8 Å². The molecular weight excluding hydrogens is 461 g/mol. The third-order valence-corrected chi connectivity index (χ3v) is 5.93. The molecule has 162 valence electrons. The van der Waals surface area contributed by atoms with Crippen molar-refractivity contribution in [2.75, 3.05) is 5.32 Å². The number of imidazole rings is 1. The average Bonchev–Trinajstić information content (AvgIpc) is 3.30. The Balaban J connectivity index is 1.33. The lowest BCUT2D eigenvalue weighted by Gasteiger charge is -2.07. The second-order valence-corrected chi connectivity index (χ2v) is 8.69. The van der Waals surface area contributed by atoms with Gasteiger partial charge in [-0.3, -0.25) is 0 Å². The van der Waals surface area contributed by atoms with Gasteiger partial charge in [0.1, 0.15) is 17.0 Å². The number of halogens is 4. The summed E-state index contributed by atoms with van der Waals surface area (Å²) in [6, 6.07) is 14.7. The molecule has 32 heavy (non-hydrogen) atoms. The fourth-order valence-electron chi connectivity index (χ4n) is 3.26. The minimum Gasteiger partial charge on any atom is -0.457 e. The molecule has 0 saturated carbocycles. The van der Waals surface area contributed by atoms with Crippen LogP contribution in [0, 0.1) is 6.92 Å². The number of hydrogen-bond acceptors (Lipinski definition) is 5. The van der Waals surface area contributed by atoms with Crippen LogP contribution in [0.25, 0.3) is 21.3 Å². The lowest BCUT2D eigenvalue weighted by molar-refractivity contribution is -0.137. The van der Waals surface area contributed by atoms with Crippen molar-refractivity contribution in [3.63, 3.8) is 0 Å². The molecule has 0 amide bonds. The highest BCUT2D eigenvalue weighted by molar-refractivity contribution is 7.18. The van der Waals surface area contributed by atoms with Crippen LogP contribution in [0.5, 0.6) is 11.5 Å². The number of ether oxygens (including phenoxy) is 1. The first kappa shape index (κ1) is 20.6. The van der Waals surface area contributed by atoms with E-state index in [0.717, 1.165) is 27.4 Å². The third kappa shape index (κ3) is 4.09. The zero-order valence-corrected chi connectivity index (χ0v) is 18.0. The topological polar surface area (TPSA) is 62.8 Å². The smallest absolute Gasteiger partial charge is 0.416 e. The highest BCUT2D eigenvalue weighted by Crippen LogP contribution is 2.35. The van der Waals surface area contributed by atoms with Crippen molar-refractivity contribution in [2.24, 2.45) is 0 Å². The van der Waals surface area contributed by atoms with Crippen LogP contribution in [0.15, 0.2) is 54.6 Å². The van der Waals surface area contributed by atoms with E-state index >= 15 is 0 Å². The Hall–Kier alpha value is -3.30. The van der Waals surface area contributed by atoms with E-state index in [2.05, 4.69) is 20.3 Å². The molecule has 0 aliphatic carbocycles. The van der Waals surface area contributed by atoms with Crippen molar-refractivity contribution in [1.29, 1.82) is 0 Å². The maximum atomic E-state index is 13.0. The fraction of sp³-hybridized carbons (Fsp3) is 0.0909. The van der Waals surface area contributed by atoms with Crippen LogP contribution < -0.4 is 10.1 Å². The molecule has 2 N–H and O–H groups in total. The lowest BCUT2D eigenvalue weighted by atomic mass is 10.2. The van der Waals surface area contributed by atoms with Gasteiger partial charge in [-0.05, 0) is 55.5 Å². The standard InChI is InChI=1S/C22H14ClF3N4OS/c1-11-27-17-10-15(6-7-19(17)32-11)31-14-4-2-13(3-5-14)28-21-29-18-9-12(22(24,25)26)8-16(23)20(18)30-21/h2-10H,1H3,(H2,28,29,30). The summed E-state index contributed by atoms with van der Waals surface area (Å²) in [6.45, 7) is 1.96. The van der Waals surface area contributed by atoms with Gasteiger partial charge in [0.25, 0.3) is 0 Å². The normalized spacial score (nSPS) is 11.9.